The minimum absolute atomic E-state index is 0.167. The molecule has 0 heterocycles. The van der Waals surface area contributed by atoms with E-state index in [1.54, 1.807) is 36.4 Å². The van der Waals surface area contributed by atoms with Gasteiger partial charge >= 0.3 is 0 Å². The van der Waals surface area contributed by atoms with E-state index < -0.39 is 0 Å². The Kier molecular flexibility index (Phi) is 4.70. The Balaban J connectivity index is 1.95. The number of phenols is 1. The first kappa shape index (κ1) is 14.5. The van der Waals surface area contributed by atoms with Crippen LogP contribution in [0, 0.1) is 0 Å². The molecule has 0 atom stereocenters. The third-order valence-electron chi connectivity index (χ3n) is 2.46. The van der Waals surface area contributed by atoms with Crippen LogP contribution in [0.25, 0.3) is 0 Å². The molecule has 102 valence electrons. The maximum atomic E-state index is 11.9. The molecule has 0 saturated carbocycles. The highest BCUT2D eigenvalue weighted by Crippen LogP contribution is 2.14. The van der Waals surface area contributed by atoms with Gasteiger partial charge in [-0.1, -0.05) is 15.9 Å². The lowest BCUT2D eigenvalue weighted by molar-refractivity contribution is 0.0977. The zero-order chi connectivity index (χ0) is 14.5. The Morgan fingerprint density at radius 1 is 1.05 bits per heavy atom. The number of carbonyl (C=O) groups is 1. The number of rotatable bonds is 2. The summed E-state index contributed by atoms with van der Waals surface area (Å²) in [7, 11) is 0. The summed E-state index contributed by atoms with van der Waals surface area (Å²) >= 11 is 8.36. The molecule has 2 rings (SSSR count). The van der Waals surface area contributed by atoms with Gasteiger partial charge in [-0.15, -0.1) is 0 Å². The average Bonchev–Trinajstić information content (AvgIpc) is 2.42. The zero-order valence-corrected chi connectivity index (χ0v) is 12.7. The Morgan fingerprint density at radius 2 is 1.65 bits per heavy atom. The number of amides is 1. The second-order valence-electron chi connectivity index (χ2n) is 3.96. The number of phenolic OH excluding ortho intramolecular Hbond substituents is 1. The van der Waals surface area contributed by atoms with Crippen LogP contribution >= 0.6 is 28.1 Å². The van der Waals surface area contributed by atoms with Gasteiger partial charge < -0.3 is 10.4 Å². The van der Waals surface area contributed by atoms with Crippen molar-refractivity contribution >= 4 is 44.9 Å². The number of benzene rings is 2. The molecule has 0 aliphatic carbocycles. The molecule has 1 amide bonds. The van der Waals surface area contributed by atoms with Crippen LogP contribution in [0.4, 0.5) is 5.69 Å². The molecule has 4 nitrogen and oxygen atoms in total. The third kappa shape index (κ3) is 4.04. The molecule has 0 unspecified atom stereocenters. The van der Waals surface area contributed by atoms with Crippen LogP contribution in [0.15, 0.2) is 53.0 Å². The van der Waals surface area contributed by atoms with E-state index in [2.05, 4.69) is 26.6 Å². The first-order valence-corrected chi connectivity index (χ1v) is 6.91. The number of thiocarbonyl (C=S) groups is 1. The van der Waals surface area contributed by atoms with Crippen molar-refractivity contribution in [3.05, 3.63) is 58.6 Å². The summed E-state index contributed by atoms with van der Waals surface area (Å²) in [5.41, 5.74) is 1.20. The first-order valence-electron chi connectivity index (χ1n) is 5.71. The molecule has 0 fully saturated rings. The Labute approximate surface area is 130 Å². The average molecular weight is 351 g/mol. The van der Waals surface area contributed by atoms with E-state index >= 15 is 0 Å². The smallest absolute Gasteiger partial charge is 0.257 e. The topological polar surface area (TPSA) is 61.4 Å². The maximum absolute atomic E-state index is 11.9. The fraction of sp³-hybridized carbons (Fsp3) is 0. The van der Waals surface area contributed by atoms with Gasteiger partial charge in [0.15, 0.2) is 5.11 Å². The summed E-state index contributed by atoms with van der Waals surface area (Å²) in [6, 6.07) is 13.3. The standard InChI is InChI=1S/C14H11BrN2O2S/c15-10-3-1-9(2-4-10)13(19)17-14(20)16-11-5-7-12(18)8-6-11/h1-8,18H,(H2,16,17,19,20). The highest BCUT2D eigenvalue weighted by molar-refractivity contribution is 9.10. The Bertz CT molecular complexity index is 627. The number of carbonyl (C=O) groups excluding carboxylic acids is 1. The summed E-state index contributed by atoms with van der Waals surface area (Å²) in [6.07, 6.45) is 0. The molecule has 3 N–H and O–H groups in total. The maximum Gasteiger partial charge on any atom is 0.257 e. The van der Waals surface area contributed by atoms with Crippen molar-refractivity contribution in [1.82, 2.24) is 5.32 Å². The van der Waals surface area contributed by atoms with E-state index in [1.807, 2.05) is 0 Å². The minimum atomic E-state index is -0.284. The van der Waals surface area contributed by atoms with E-state index in [4.69, 9.17) is 12.2 Å². The normalized spacial score (nSPS) is 9.85. The Hall–Kier alpha value is -1.92. The number of hydrogen-bond acceptors (Lipinski definition) is 3. The second kappa shape index (κ2) is 6.49. The molecule has 0 bridgehead atoms. The quantitative estimate of drug-likeness (QED) is 0.574. The SMILES string of the molecule is O=C(NC(=S)Nc1ccc(O)cc1)c1ccc(Br)cc1. The van der Waals surface area contributed by atoms with Gasteiger partial charge in [0.25, 0.3) is 5.91 Å². The van der Waals surface area contributed by atoms with Crippen molar-refractivity contribution in [3.8, 4) is 5.75 Å². The predicted molar refractivity (Wildman–Crippen MR) is 85.9 cm³/mol. The van der Waals surface area contributed by atoms with Crippen molar-refractivity contribution in [1.29, 1.82) is 0 Å². The monoisotopic (exact) mass is 350 g/mol. The number of hydrogen-bond donors (Lipinski definition) is 3. The van der Waals surface area contributed by atoms with Crippen molar-refractivity contribution in [3.63, 3.8) is 0 Å². The third-order valence-corrected chi connectivity index (χ3v) is 3.19. The molecule has 0 aliphatic heterocycles. The summed E-state index contributed by atoms with van der Waals surface area (Å²) in [5.74, 6) is -0.117. The fourth-order valence-corrected chi connectivity index (χ4v) is 1.96. The van der Waals surface area contributed by atoms with Crippen molar-refractivity contribution in [2.24, 2.45) is 0 Å². The molecule has 2 aromatic carbocycles. The largest absolute Gasteiger partial charge is 0.508 e. The molecule has 2 aromatic rings. The van der Waals surface area contributed by atoms with Gasteiger partial charge in [-0.05, 0) is 60.7 Å². The fourth-order valence-electron chi connectivity index (χ4n) is 1.48. The van der Waals surface area contributed by atoms with Crippen LogP contribution in [0.1, 0.15) is 10.4 Å². The highest BCUT2D eigenvalue weighted by atomic mass is 79.9. The van der Waals surface area contributed by atoms with Gasteiger partial charge in [0, 0.05) is 15.7 Å². The first-order chi connectivity index (χ1) is 9.54. The highest BCUT2D eigenvalue weighted by Gasteiger charge is 2.07. The molecular weight excluding hydrogens is 340 g/mol. The number of nitrogens with one attached hydrogen (secondary N) is 2. The summed E-state index contributed by atoms with van der Waals surface area (Å²) in [6.45, 7) is 0. The summed E-state index contributed by atoms with van der Waals surface area (Å²) in [4.78, 5) is 11.9. The van der Waals surface area contributed by atoms with Gasteiger partial charge in [-0.3, -0.25) is 10.1 Å². The van der Waals surface area contributed by atoms with E-state index in [1.165, 1.54) is 12.1 Å². The van der Waals surface area contributed by atoms with Crippen LogP contribution in [0.2, 0.25) is 0 Å². The lowest BCUT2D eigenvalue weighted by Gasteiger charge is -2.09. The molecule has 0 radical (unpaired) electrons. The van der Waals surface area contributed by atoms with E-state index in [9.17, 15) is 9.90 Å². The van der Waals surface area contributed by atoms with Crippen LogP contribution in [-0.2, 0) is 0 Å². The molecule has 20 heavy (non-hydrogen) atoms. The van der Waals surface area contributed by atoms with Crippen LogP contribution in [0.5, 0.6) is 5.75 Å². The van der Waals surface area contributed by atoms with E-state index in [0.717, 1.165) is 4.47 Å². The zero-order valence-electron chi connectivity index (χ0n) is 10.3. The van der Waals surface area contributed by atoms with Crippen LogP contribution in [0.3, 0.4) is 0 Å². The van der Waals surface area contributed by atoms with Crippen molar-refractivity contribution in [2.45, 2.75) is 0 Å². The van der Waals surface area contributed by atoms with Crippen LogP contribution in [-0.4, -0.2) is 16.1 Å². The van der Waals surface area contributed by atoms with Gasteiger partial charge in [0.05, 0.1) is 0 Å². The van der Waals surface area contributed by atoms with Gasteiger partial charge in [-0.25, -0.2) is 0 Å². The van der Waals surface area contributed by atoms with Crippen molar-refractivity contribution < 1.29 is 9.90 Å². The minimum Gasteiger partial charge on any atom is -0.508 e. The van der Waals surface area contributed by atoms with Gasteiger partial charge in [0.1, 0.15) is 5.75 Å². The molecule has 0 saturated heterocycles. The van der Waals surface area contributed by atoms with E-state index in [-0.39, 0.29) is 16.8 Å². The molecule has 0 aromatic heterocycles. The predicted octanol–water partition coefficient (Wildman–Crippen LogP) is 3.28. The van der Waals surface area contributed by atoms with Gasteiger partial charge in [-0.2, -0.15) is 0 Å². The van der Waals surface area contributed by atoms with E-state index in [0.29, 0.717) is 11.3 Å². The summed E-state index contributed by atoms with van der Waals surface area (Å²) < 4.78 is 0.902. The second-order valence-corrected chi connectivity index (χ2v) is 5.29. The van der Waals surface area contributed by atoms with Gasteiger partial charge in [0.2, 0.25) is 0 Å². The number of aromatic hydroxyl groups is 1. The lowest BCUT2D eigenvalue weighted by Crippen LogP contribution is -2.34. The van der Waals surface area contributed by atoms with Crippen LogP contribution < -0.4 is 10.6 Å². The molecule has 6 heteroatoms. The summed E-state index contributed by atoms with van der Waals surface area (Å²) in [5, 5.41) is 14.8. The Morgan fingerprint density at radius 3 is 2.25 bits per heavy atom. The number of halogens is 1. The lowest BCUT2D eigenvalue weighted by atomic mass is 10.2. The molecule has 0 aliphatic rings. The van der Waals surface area contributed by atoms with Crippen molar-refractivity contribution in [2.75, 3.05) is 5.32 Å². The number of anilines is 1. The molecular formula is C14H11BrN2O2S. The molecule has 0 spiro atoms.